The molecule has 0 aliphatic carbocycles. The first-order chi connectivity index (χ1) is 15.3. The van der Waals surface area contributed by atoms with E-state index in [0.717, 1.165) is 21.3 Å². The monoisotopic (exact) mass is 484 g/mol. The molecular weight excluding hydrogens is 464 g/mol. The fraction of sp³-hybridized carbons (Fsp3) is 0.167. The molecule has 32 heavy (non-hydrogen) atoms. The van der Waals surface area contributed by atoms with E-state index in [-0.39, 0.29) is 23.0 Å². The normalized spacial score (nSPS) is 11.6. The zero-order chi connectivity index (χ0) is 22.7. The van der Waals surface area contributed by atoms with E-state index < -0.39 is 9.84 Å². The van der Waals surface area contributed by atoms with E-state index in [1.54, 1.807) is 35.2 Å². The highest BCUT2D eigenvalue weighted by Gasteiger charge is 2.24. The lowest BCUT2D eigenvalue weighted by atomic mass is 10.2. The van der Waals surface area contributed by atoms with E-state index in [1.165, 1.54) is 11.3 Å². The lowest BCUT2D eigenvalue weighted by molar-refractivity contribution is -0.118. The number of fused-ring (bicyclic) bond motifs is 1. The SMILES string of the molecule is Cc1c(Cl)ccc2sc(N(Cc3ccccc3)C(=O)CCS(=O)(=O)c3ccccc3)nc12. The van der Waals surface area contributed by atoms with Gasteiger partial charge in [-0.2, -0.15) is 0 Å². The van der Waals surface area contributed by atoms with Crippen LogP contribution in [0.4, 0.5) is 5.13 Å². The van der Waals surface area contributed by atoms with Crippen LogP contribution in [-0.4, -0.2) is 25.1 Å². The van der Waals surface area contributed by atoms with Crippen LogP contribution in [0, 0.1) is 6.92 Å². The zero-order valence-corrected chi connectivity index (χ0v) is 19.8. The summed E-state index contributed by atoms with van der Waals surface area (Å²) in [6.07, 6.45) is -0.139. The van der Waals surface area contributed by atoms with Crippen molar-refractivity contribution in [1.82, 2.24) is 4.98 Å². The number of aryl methyl sites for hydroxylation is 1. The van der Waals surface area contributed by atoms with Crippen LogP contribution in [0.2, 0.25) is 5.02 Å². The van der Waals surface area contributed by atoms with Crippen molar-refractivity contribution < 1.29 is 13.2 Å². The number of halogens is 1. The first-order valence-corrected chi connectivity index (χ1v) is 12.9. The Labute approximate surface area is 196 Å². The van der Waals surface area contributed by atoms with Gasteiger partial charge in [0.15, 0.2) is 15.0 Å². The molecule has 164 valence electrons. The highest BCUT2D eigenvalue weighted by Crippen LogP contribution is 2.34. The number of aromatic nitrogens is 1. The standard InChI is InChI=1S/C24H21ClN2O3S2/c1-17-20(25)12-13-21-23(17)26-24(31-21)27(16-18-8-4-2-5-9-18)22(28)14-15-32(29,30)19-10-6-3-7-11-19/h2-13H,14-16H2,1H3. The van der Waals surface area contributed by atoms with Gasteiger partial charge in [0.25, 0.3) is 0 Å². The summed E-state index contributed by atoms with van der Waals surface area (Å²) in [6, 6.07) is 21.5. The number of amides is 1. The van der Waals surface area contributed by atoms with Crippen LogP contribution < -0.4 is 4.90 Å². The summed E-state index contributed by atoms with van der Waals surface area (Å²) >= 11 is 7.64. The van der Waals surface area contributed by atoms with Crippen molar-refractivity contribution in [2.75, 3.05) is 10.7 Å². The van der Waals surface area contributed by atoms with Gasteiger partial charge in [0.2, 0.25) is 5.91 Å². The van der Waals surface area contributed by atoms with Crippen molar-refractivity contribution in [3.8, 4) is 0 Å². The number of anilines is 1. The molecule has 0 saturated heterocycles. The van der Waals surface area contributed by atoms with Crippen LogP contribution in [-0.2, 0) is 21.2 Å². The third-order valence-electron chi connectivity index (χ3n) is 5.14. The smallest absolute Gasteiger partial charge is 0.230 e. The van der Waals surface area contributed by atoms with Crippen LogP contribution in [0.25, 0.3) is 10.2 Å². The van der Waals surface area contributed by atoms with Crippen LogP contribution >= 0.6 is 22.9 Å². The molecule has 0 radical (unpaired) electrons. The second kappa shape index (κ2) is 9.40. The lowest BCUT2D eigenvalue weighted by Gasteiger charge is -2.20. The van der Waals surface area contributed by atoms with Crippen molar-refractivity contribution in [3.63, 3.8) is 0 Å². The van der Waals surface area contributed by atoms with Gasteiger partial charge in [-0.05, 0) is 42.3 Å². The molecule has 0 fully saturated rings. The molecule has 0 N–H and O–H groups in total. The van der Waals surface area contributed by atoms with E-state index in [9.17, 15) is 13.2 Å². The van der Waals surface area contributed by atoms with Crippen LogP contribution in [0.15, 0.2) is 77.7 Å². The molecule has 5 nitrogen and oxygen atoms in total. The second-order valence-electron chi connectivity index (χ2n) is 7.36. The number of hydrogen-bond donors (Lipinski definition) is 0. The maximum absolute atomic E-state index is 13.3. The quantitative estimate of drug-likeness (QED) is 0.339. The van der Waals surface area contributed by atoms with Gasteiger partial charge in [-0.25, -0.2) is 13.4 Å². The number of carbonyl (C=O) groups excluding carboxylic acids is 1. The Morgan fingerprint density at radius 1 is 1.00 bits per heavy atom. The lowest BCUT2D eigenvalue weighted by Crippen LogP contribution is -2.31. The average Bonchev–Trinajstić information content (AvgIpc) is 3.24. The van der Waals surface area contributed by atoms with Crippen molar-refractivity contribution in [2.24, 2.45) is 0 Å². The highest BCUT2D eigenvalue weighted by atomic mass is 35.5. The molecule has 1 heterocycles. The third kappa shape index (κ3) is 4.85. The summed E-state index contributed by atoms with van der Waals surface area (Å²) in [5, 5.41) is 1.14. The summed E-state index contributed by atoms with van der Waals surface area (Å²) in [5.41, 5.74) is 2.53. The van der Waals surface area contributed by atoms with E-state index in [4.69, 9.17) is 11.6 Å². The van der Waals surface area contributed by atoms with E-state index in [1.807, 2.05) is 49.4 Å². The molecular formula is C24H21ClN2O3S2. The summed E-state index contributed by atoms with van der Waals surface area (Å²) < 4.78 is 26.3. The highest BCUT2D eigenvalue weighted by molar-refractivity contribution is 7.91. The summed E-state index contributed by atoms with van der Waals surface area (Å²) in [5.74, 6) is -0.562. The fourth-order valence-corrected chi connectivity index (χ4v) is 5.78. The van der Waals surface area contributed by atoms with Gasteiger partial charge in [-0.15, -0.1) is 0 Å². The predicted molar refractivity (Wildman–Crippen MR) is 130 cm³/mol. The predicted octanol–water partition coefficient (Wildman–Crippen LogP) is 5.66. The van der Waals surface area contributed by atoms with Crippen molar-refractivity contribution >= 4 is 54.0 Å². The van der Waals surface area contributed by atoms with Gasteiger partial charge in [0.1, 0.15) is 0 Å². The molecule has 0 spiro atoms. The van der Waals surface area contributed by atoms with Gasteiger partial charge in [0.05, 0.1) is 27.4 Å². The molecule has 1 aromatic heterocycles. The number of carbonyl (C=O) groups is 1. The number of thiazole rings is 1. The van der Waals surface area contributed by atoms with Gasteiger partial charge >= 0.3 is 0 Å². The third-order valence-corrected chi connectivity index (χ3v) is 8.32. The minimum absolute atomic E-state index is 0.139. The van der Waals surface area contributed by atoms with E-state index >= 15 is 0 Å². The molecule has 8 heteroatoms. The van der Waals surface area contributed by atoms with Crippen molar-refractivity contribution in [2.45, 2.75) is 24.8 Å². The summed E-state index contributed by atoms with van der Waals surface area (Å²) in [4.78, 5) is 19.7. The molecule has 0 bridgehead atoms. The Kier molecular flexibility index (Phi) is 6.60. The number of benzene rings is 3. The van der Waals surface area contributed by atoms with Crippen molar-refractivity contribution in [3.05, 3.63) is 88.9 Å². The molecule has 0 saturated carbocycles. The van der Waals surface area contributed by atoms with Gasteiger partial charge < -0.3 is 0 Å². The minimum atomic E-state index is -3.56. The molecule has 0 unspecified atom stereocenters. The molecule has 0 aliphatic rings. The second-order valence-corrected chi connectivity index (χ2v) is 10.9. The molecule has 3 aromatic carbocycles. The molecule has 0 aliphatic heterocycles. The molecule has 1 amide bonds. The Balaban J connectivity index is 1.64. The maximum atomic E-state index is 13.3. The zero-order valence-electron chi connectivity index (χ0n) is 17.4. The van der Waals surface area contributed by atoms with Crippen LogP contribution in [0.1, 0.15) is 17.5 Å². The van der Waals surface area contributed by atoms with Crippen LogP contribution in [0.5, 0.6) is 0 Å². The minimum Gasteiger partial charge on any atom is -0.284 e. The van der Waals surface area contributed by atoms with E-state index in [0.29, 0.717) is 16.7 Å². The van der Waals surface area contributed by atoms with Gasteiger partial charge in [-0.1, -0.05) is 71.5 Å². The van der Waals surface area contributed by atoms with Gasteiger partial charge in [-0.3, -0.25) is 9.69 Å². The Morgan fingerprint density at radius 3 is 2.34 bits per heavy atom. The summed E-state index contributed by atoms with van der Waals surface area (Å²) in [6.45, 7) is 2.20. The molecule has 4 aromatic rings. The number of nitrogens with zero attached hydrogens (tertiary/aromatic N) is 2. The van der Waals surface area contributed by atoms with Crippen LogP contribution in [0.3, 0.4) is 0 Å². The Morgan fingerprint density at radius 2 is 1.66 bits per heavy atom. The topological polar surface area (TPSA) is 67.3 Å². The number of sulfone groups is 1. The first kappa shape index (κ1) is 22.5. The number of rotatable bonds is 7. The maximum Gasteiger partial charge on any atom is 0.230 e. The molecule has 4 rings (SSSR count). The Bertz CT molecular complexity index is 1350. The summed E-state index contributed by atoms with van der Waals surface area (Å²) in [7, 11) is -3.56. The van der Waals surface area contributed by atoms with Crippen molar-refractivity contribution in [1.29, 1.82) is 0 Å². The first-order valence-electron chi connectivity index (χ1n) is 10.0. The fourth-order valence-electron chi connectivity index (χ4n) is 3.34. The van der Waals surface area contributed by atoms with E-state index in [2.05, 4.69) is 4.98 Å². The Hall–Kier alpha value is -2.74. The average molecular weight is 485 g/mol. The van der Waals surface area contributed by atoms with Gasteiger partial charge in [0, 0.05) is 11.4 Å². The molecule has 0 atom stereocenters. The largest absolute Gasteiger partial charge is 0.284 e. The number of hydrogen-bond acceptors (Lipinski definition) is 5.